The van der Waals surface area contributed by atoms with Crippen LogP contribution in [-0.4, -0.2) is 30.1 Å². The molecule has 0 heterocycles. The van der Waals surface area contributed by atoms with E-state index < -0.39 is 5.54 Å². The van der Waals surface area contributed by atoms with Gasteiger partial charge in [-0.3, -0.25) is 9.59 Å². The standard InChI is InChI=1S/C15H26N2O3.ClH/c1-2-20-13(18)11-5-7-12(8-6-11)17-14(19)15(16)9-3-4-10-15;/h11-12H,2-10,16H2,1H3,(H,17,19);1H. The second kappa shape index (κ2) is 7.99. The molecule has 0 radical (unpaired) electrons. The molecule has 1 amide bonds. The maximum atomic E-state index is 12.2. The summed E-state index contributed by atoms with van der Waals surface area (Å²) in [4.78, 5) is 23.9. The Morgan fingerprint density at radius 1 is 1.19 bits per heavy atom. The van der Waals surface area contributed by atoms with Gasteiger partial charge in [-0.05, 0) is 45.4 Å². The summed E-state index contributed by atoms with van der Waals surface area (Å²) in [6.07, 6.45) is 6.92. The zero-order valence-corrected chi connectivity index (χ0v) is 13.5. The highest BCUT2D eigenvalue weighted by Crippen LogP contribution is 2.29. The molecular weight excluding hydrogens is 292 g/mol. The van der Waals surface area contributed by atoms with Crippen molar-refractivity contribution in [1.82, 2.24) is 5.32 Å². The summed E-state index contributed by atoms with van der Waals surface area (Å²) < 4.78 is 5.05. The van der Waals surface area contributed by atoms with Crippen LogP contribution in [0.3, 0.4) is 0 Å². The second-order valence-corrected chi connectivity index (χ2v) is 6.14. The van der Waals surface area contributed by atoms with Gasteiger partial charge in [0, 0.05) is 6.04 Å². The van der Waals surface area contributed by atoms with Gasteiger partial charge in [0.15, 0.2) is 0 Å². The number of nitrogens with one attached hydrogen (secondary N) is 1. The van der Waals surface area contributed by atoms with Crippen molar-refractivity contribution in [2.45, 2.75) is 69.9 Å². The van der Waals surface area contributed by atoms with Crippen LogP contribution in [0.4, 0.5) is 0 Å². The molecular formula is C15H27ClN2O3. The molecule has 0 aliphatic heterocycles. The van der Waals surface area contributed by atoms with Gasteiger partial charge in [0.1, 0.15) is 0 Å². The van der Waals surface area contributed by atoms with Gasteiger partial charge in [0.2, 0.25) is 5.91 Å². The first-order valence-corrected chi connectivity index (χ1v) is 7.81. The number of hydrogen-bond donors (Lipinski definition) is 2. The van der Waals surface area contributed by atoms with E-state index in [0.29, 0.717) is 6.61 Å². The number of halogens is 1. The lowest BCUT2D eigenvalue weighted by Gasteiger charge is -2.31. The summed E-state index contributed by atoms with van der Waals surface area (Å²) in [5.74, 6) is -0.0978. The molecule has 0 aromatic heterocycles. The molecule has 0 bridgehead atoms. The summed E-state index contributed by atoms with van der Waals surface area (Å²) >= 11 is 0. The Bertz CT molecular complexity index is 362. The van der Waals surface area contributed by atoms with Crippen LogP contribution < -0.4 is 11.1 Å². The third-order valence-corrected chi connectivity index (χ3v) is 4.63. The van der Waals surface area contributed by atoms with E-state index in [9.17, 15) is 9.59 Å². The van der Waals surface area contributed by atoms with Gasteiger partial charge in [-0.2, -0.15) is 0 Å². The molecule has 2 rings (SSSR count). The van der Waals surface area contributed by atoms with E-state index in [1.807, 2.05) is 6.92 Å². The van der Waals surface area contributed by atoms with Crippen LogP contribution in [0, 0.1) is 5.92 Å². The molecule has 0 spiro atoms. The Hall–Kier alpha value is -0.810. The van der Waals surface area contributed by atoms with Gasteiger partial charge in [-0.1, -0.05) is 12.8 Å². The summed E-state index contributed by atoms with van der Waals surface area (Å²) in [7, 11) is 0. The molecule has 21 heavy (non-hydrogen) atoms. The fourth-order valence-electron chi connectivity index (χ4n) is 3.30. The smallest absolute Gasteiger partial charge is 0.308 e. The van der Waals surface area contributed by atoms with E-state index in [1.165, 1.54) is 0 Å². The number of carbonyl (C=O) groups excluding carboxylic acids is 2. The molecule has 0 atom stereocenters. The predicted molar refractivity (Wildman–Crippen MR) is 83.2 cm³/mol. The average molecular weight is 319 g/mol. The molecule has 2 saturated carbocycles. The summed E-state index contributed by atoms with van der Waals surface area (Å²) in [6.45, 7) is 2.26. The average Bonchev–Trinajstić information content (AvgIpc) is 2.88. The van der Waals surface area contributed by atoms with Gasteiger partial charge >= 0.3 is 5.97 Å². The lowest BCUT2D eigenvalue weighted by Crippen LogP contribution is -2.55. The van der Waals surface area contributed by atoms with Gasteiger partial charge in [0.05, 0.1) is 18.1 Å². The fourth-order valence-corrected chi connectivity index (χ4v) is 3.30. The third kappa shape index (κ3) is 4.58. The SMILES string of the molecule is CCOC(=O)C1CCC(NC(=O)C2(N)CCCC2)CC1.Cl. The molecule has 2 aliphatic carbocycles. The Labute approximate surface area is 132 Å². The van der Waals surface area contributed by atoms with Crippen molar-refractivity contribution in [3.8, 4) is 0 Å². The highest BCUT2D eigenvalue weighted by atomic mass is 35.5. The minimum atomic E-state index is -0.655. The van der Waals surface area contributed by atoms with Crippen LogP contribution in [0.2, 0.25) is 0 Å². The monoisotopic (exact) mass is 318 g/mol. The van der Waals surface area contributed by atoms with E-state index in [0.717, 1.165) is 51.4 Å². The van der Waals surface area contributed by atoms with Crippen LogP contribution in [-0.2, 0) is 14.3 Å². The van der Waals surface area contributed by atoms with Crippen LogP contribution >= 0.6 is 12.4 Å². The van der Waals surface area contributed by atoms with Gasteiger partial charge in [0.25, 0.3) is 0 Å². The van der Waals surface area contributed by atoms with Crippen LogP contribution in [0.1, 0.15) is 58.3 Å². The second-order valence-electron chi connectivity index (χ2n) is 6.14. The van der Waals surface area contributed by atoms with Gasteiger partial charge in [-0.15, -0.1) is 12.4 Å². The highest BCUT2D eigenvalue weighted by molar-refractivity contribution is 5.86. The normalized spacial score (nSPS) is 27.5. The number of nitrogens with two attached hydrogens (primary N) is 1. The molecule has 5 nitrogen and oxygen atoms in total. The topological polar surface area (TPSA) is 81.4 Å². The Kier molecular flexibility index (Phi) is 6.94. The van der Waals surface area contributed by atoms with Crippen molar-refractivity contribution in [2.75, 3.05) is 6.61 Å². The number of rotatable bonds is 4. The lowest BCUT2D eigenvalue weighted by atomic mass is 9.85. The molecule has 2 fully saturated rings. The molecule has 0 aromatic carbocycles. The van der Waals surface area contributed by atoms with Crippen molar-refractivity contribution in [3.63, 3.8) is 0 Å². The first kappa shape index (κ1) is 18.2. The predicted octanol–water partition coefficient (Wildman–Crippen LogP) is 1.92. The van der Waals surface area contributed by atoms with Crippen molar-refractivity contribution < 1.29 is 14.3 Å². The first-order chi connectivity index (χ1) is 9.55. The van der Waals surface area contributed by atoms with Crippen molar-refractivity contribution in [1.29, 1.82) is 0 Å². The van der Waals surface area contributed by atoms with E-state index in [1.54, 1.807) is 0 Å². The van der Waals surface area contributed by atoms with E-state index in [4.69, 9.17) is 10.5 Å². The van der Waals surface area contributed by atoms with Crippen LogP contribution in [0.25, 0.3) is 0 Å². The Morgan fingerprint density at radius 3 is 2.29 bits per heavy atom. The number of amides is 1. The number of esters is 1. The summed E-state index contributed by atoms with van der Waals surface area (Å²) in [5.41, 5.74) is 5.49. The number of carbonyl (C=O) groups is 2. The Balaban J connectivity index is 0.00000220. The highest BCUT2D eigenvalue weighted by Gasteiger charge is 2.38. The molecule has 0 unspecified atom stereocenters. The molecule has 6 heteroatoms. The quantitative estimate of drug-likeness (QED) is 0.776. The van der Waals surface area contributed by atoms with Crippen molar-refractivity contribution in [3.05, 3.63) is 0 Å². The maximum Gasteiger partial charge on any atom is 0.308 e. The fraction of sp³-hybridized carbons (Fsp3) is 0.867. The van der Waals surface area contributed by atoms with Crippen molar-refractivity contribution >= 4 is 24.3 Å². The molecule has 122 valence electrons. The summed E-state index contributed by atoms with van der Waals surface area (Å²) in [6, 6.07) is 0.161. The molecule has 3 N–H and O–H groups in total. The zero-order chi connectivity index (χ0) is 14.6. The molecule has 0 saturated heterocycles. The number of hydrogen-bond acceptors (Lipinski definition) is 4. The maximum absolute atomic E-state index is 12.2. The lowest BCUT2D eigenvalue weighted by molar-refractivity contribution is -0.149. The Morgan fingerprint density at radius 2 is 1.76 bits per heavy atom. The minimum Gasteiger partial charge on any atom is -0.466 e. The largest absolute Gasteiger partial charge is 0.466 e. The van der Waals surface area contributed by atoms with E-state index in [-0.39, 0.29) is 36.2 Å². The molecule has 2 aliphatic rings. The third-order valence-electron chi connectivity index (χ3n) is 4.63. The van der Waals surface area contributed by atoms with Gasteiger partial charge < -0.3 is 15.8 Å². The number of ether oxygens (including phenoxy) is 1. The first-order valence-electron chi connectivity index (χ1n) is 7.81. The zero-order valence-electron chi connectivity index (χ0n) is 12.7. The molecule has 0 aromatic rings. The summed E-state index contributed by atoms with van der Waals surface area (Å²) in [5, 5.41) is 3.08. The van der Waals surface area contributed by atoms with Crippen LogP contribution in [0.15, 0.2) is 0 Å². The minimum absolute atomic E-state index is 0. The van der Waals surface area contributed by atoms with Gasteiger partial charge in [-0.25, -0.2) is 0 Å². The van der Waals surface area contributed by atoms with E-state index in [2.05, 4.69) is 5.32 Å². The van der Waals surface area contributed by atoms with Crippen LogP contribution in [0.5, 0.6) is 0 Å². The van der Waals surface area contributed by atoms with E-state index >= 15 is 0 Å². The van der Waals surface area contributed by atoms with Crippen molar-refractivity contribution in [2.24, 2.45) is 11.7 Å².